The quantitative estimate of drug-likeness (QED) is 0.689. The van der Waals surface area contributed by atoms with Crippen LogP contribution in [0.25, 0.3) is 0 Å². The summed E-state index contributed by atoms with van der Waals surface area (Å²) in [5.74, 6) is -0.481. The number of rotatable bonds is 7. The molecule has 1 amide bonds. The fraction of sp³-hybridized carbons (Fsp3) is 0.333. The van der Waals surface area contributed by atoms with E-state index >= 15 is 0 Å². The van der Waals surface area contributed by atoms with Gasteiger partial charge in [0, 0.05) is 6.04 Å². The van der Waals surface area contributed by atoms with E-state index in [-0.39, 0.29) is 12.6 Å². The molecule has 0 bridgehead atoms. The highest BCUT2D eigenvalue weighted by atomic mass is 16.5. The summed E-state index contributed by atoms with van der Waals surface area (Å²) in [5, 5.41) is 11.1. The van der Waals surface area contributed by atoms with Gasteiger partial charge >= 0.3 is 5.97 Å². The number of aliphatic carboxylic acids is 1. The van der Waals surface area contributed by atoms with Gasteiger partial charge < -0.3 is 15.2 Å². The van der Waals surface area contributed by atoms with Crippen LogP contribution in [0.2, 0.25) is 0 Å². The maximum absolute atomic E-state index is 10.3. The molecule has 0 spiro atoms. The van der Waals surface area contributed by atoms with Crippen molar-refractivity contribution in [3.8, 4) is 5.75 Å². The molecule has 1 aromatic rings. The standard InChI is InChI=1S/C12H15NO4/c1-9(13-8-14)6-10-2-4-11(5-3-10)17-7-12(15)16/h2-5,8-9H,6-7H2,1H3,(H,13,14)(H,15,16). The van der Waals surface area contributed by atoms with Crippen LogP contribution in [0.1, 0.15) is 12.5 Å². The highest BCUT2D eigenvalue weighted by Gasteiger charge is 2.03. The number of hydrogen-bond donors (Lipinski definition) is 2. The van der Waals surface area contributed by atoms with Crippen molar-refractivity contribution in [3.63, 3.8) is 0 Å². The van der Waals surface area contributed by atoms with Crippen molar-refractivity contribution in [2.75, 3.05) is 6.61 Å². The molecule has 0 aliphatic rings. The Labute approximate surface area is 99.4 Å². The Morgan fingerprint density at radius 2 is 2.12 bits per heavy atom. The second-order valence-electron chi connectivity index (χ2n) is 3.72. The number of nitrogens with one attached hydrogen (secondary N) is 1. The van der Waals surface area contributed by atoms with Gasteiger partial charge in [0.1, 0.15) is 5.75 Å². The molecule has 0 saturated carbocycles. The van der Waals surface area contributed by atoms with Crippen molar-refractivity contribution in [1.82, 2.24) is 5.32 Å². The number of benzene rings is 1. The summed E-state index contributed by atoms with van der Waals surface area (Å²) in [6.45, 7) is 1.56. The Morgan fingerprint density at radius 3 is 2.65 bits per heavy atom. The van der Waals surface area contributed by atoms with Gasteiger partial charge in [-0.2, -0.15) is 0 Å². The van der Waals surface area contributed by atoms with Gasteiger partial charge in [-0.15, -0.1) is 0 Å². The fourth-order valence-corrected chi connectivity index (χ4v) is 1.40. The van der Waals surface area contributed by atoms with Crippen LogP contribution in [-0.2, 0) is 16.0 Å². The maximum Gasteiger partial charge on any atom is 0.341 e. The second-order valence-corrected chi connectivity index (χ2v) is 3.72. The number of carboxylic acid groups (broad SMARTS) is 1. The van der Waals surface area contributed by atoms with Crippen LogP contribution in [0.3, 0.4) is 0 Å². The molecule has 2 N–H and O–H groups in total. The van der Waals surface area contributed by atoms with E-state index in [0.717, 1.165) is 12.0 Å². The van der Waals surface area contributed by atoms with Gasteiger partial charge in [0.15, 0.2) is 6.61 Å². The minimum Gasteiger partial charge on any atom is -0.482 e. The lowest BCUT2D eigenvalue weighted by Crippen LogP contribution is -2.26. The van der Waals surface area contributed by atoms with E-state index in [1.807, 2.05) is 19.1 Å². The predicted octanol–water partition coefficient (Wildman–Crippen LogP) is 0.827. The van der Waals surface area contributed by atoms with Crippen LogP contribution < -0.4 is 10.1 Å². The lowest BCUT2D eigenvalue weighted by Gasteiger charge is -2.10. The van der Waals surface area contributed by atoms with Crippen molar-refractivity contribution in [2.24, 2.45) is 0 Å². The molecule has 0 heterocycles. The molecule has 92 valence electrons. The SMILES string of the molecule is CC(Cc1ccc(OCC(=O)O)cc1)NC=O. The van der Waals surface area contributed by atoms with Gasteiger partial charge in [-0.25, -0.2) is 4.79 Å². The van der Waals surface area contributed by atoms with E-state index in [0.29, 0.717) is 12.2 Å². The molecule has 0 radical (unpaired) electrons. The average Bonchev–Trinajstić information content (AvgIpc) is 2.28. The Balaban J connectivity index is 2.49. The van der Waals surface area contributed by atoms with Crippen LogP contribution >= 0.6 is 0 Å². The molecule has 1 aromatic carbocycles. The summed E-state index contributed by atoms with van der Waals surface area (Å²) in [6, 6.07) is 7.19. The van der Waals surface area contributed by atoms with Crippen molar-refractivity contribution < 1.29 is 19.4 Å². The number of ether oxygens (including phenoxy) is 1. The first-order chi connectivity index (χ1) is 8.11. The molecule has 0 saturated heterocycles. The first kappa shape index (κ1) is 13.0. The van der Waals surface area contributed by atoms with E-state index in [1.54, 1.807) is 12.1 Å². The molecular formula is C12H15NO4. The van der Waals surface area contributed by atoms with Crippen LogP contribution in [0.4, 0.5) is 0 Å². The Morgan fingerprint density at radius 1 is 1.47 bits per heavy atom. The summed E-state index contributed by atoms with van der Waals surface area (Å²) in [4.78, 5) is 20.5. The average molecular weight is 237 g/mol. The zero-order valence-electron chi connectivity index (χ0n) is 9.55. The topological polar surface area (TPSA) is 75.6 Å². The highest BCUT2D eigenvalue weighted by Crippen LogP contribution is 2.13. The van der Waals surface area contributed by atoms with Gasteiger partial charge in [0.25, 0.3) is 0 Å². The van der Waals surface area contributed by atoms with Gasteiger partial charge in [-0.05, 0) is 31.0 Å². The van der Waals surface area contributed by atoms with E-state index in [9.17, 15) is 9.59 Å². The lowest BCUT2D eigenvalue weighted by molar-refractivity contribution is -0.139. The van der Waals surface area contributed by atoms with E-state index in [2.05, 4.69) is 5.32 Å². The van der Waals surface area contributed by atoms with E-state index in [1.165, 1.54) is 0 Å². The highest BCUT2D eigenvalue weighted by molar-refractivity contribution is 5.68. The lowest BCUT2D eigenvalue weighted by atomic mass is 10.1. The van der Waals surface area contributed by atoms with Gasteiger partial charge in [-0.3, -0.25) is 4.79 Å². The van der Waals surface area contributed by atoms with Gasteiger partial charge in [0.05, 0.1) is 0 Å². The molecule has 1 atom stereocenters. The van der Waals surface area contributed by atoms with Crippen molar-refractivity contribution >= 4 is 12.4 Å². The van der Waals surface area contributed by atoms with Crippen molar-refractivity contribution in [1.29, 1.82) is 0 Å². The van der Waals surface area contributed by atoms with E-state index < -0.39 is 5.97 Å². The molecular weight excluding hydrogens is 222 g/mol. The number of carbonyl (C=O) groups excluding carboxylic acids is 1. The smallest absolute Gasteiger partial charge is 0.341 e. The number of hydrogen-bond acceptors (Lipinski definition) is 3. The first-order valence-electron chi connectivity index (χ1n) is 5.25. The Hall–Kier alpha value is -2.04. The number of amides is 1. The molecule has 0 fully saturated rings. The normalized spacial score (nSPS) is 11.6. The minimum atomic E-state index is -1.00. The van der Waals surface area contributed by atoms with Crippen LogP contribution in [0, 0.1) is 0 Å². The van der Waals surface area contributed by atoms with E-state index in [4.69, 9.17) is 9.84 Å². The Kier molecular flexibility index (Phi) is 5.00. The fourth-order valence-electron chi connectivity index (χ4n) is 1.40. The summed E-state index contributed by atoms with van der Waals surface area (Å²) >= 11 is 0. The molecule has 1 unspecified atom stereocenters. The molecule has 5 heteroatoms. The number of carboxylic acids is 1. The minimum absolute atomic E-state index is 0.0679. The van der Waals surface area contributed by atoms with Crippen LogP contribution in [-0.4, -0.2) is 30.1 Å². The summed E-state index contributed by atoms with van der Waals surface area (Å²) in [7, 11) is 0. The summed E-state index contributed by atoms with van der Waals surface area (Å²) < 4.78 is 5.00. The van der Waals surface area contributed by atoms with Crippen molar-refractivity contribution in [2.45, 2.75) is 19.4 Å². The molecule has 0 aromatic heterocycles. The third-order valence-electron chi connectivity index (χ3n) is 2.18. The third-order valence-corrected chi connectivity index (χ3v) is 2.18. The zero-order chi connectivity index (χ0) is 12.7. The summed E-state index contributed by atoms with van der Waals surface area (Å²) in [6.07, 6.45) is 1.40. The summed E-state index contributed by atoms with van der Waals surface area (Å²) in [5.41, 5.74) is 1.05. The van der Waals surface area contributed by atoms with Crippen LogP contribution in [0.15, 0.2) is 24.3 Å². The zero-order valence-corrected chi connectivity index (χ0v) is 9.55. The molecule has 0 aliphatic heterocycles. The first-order valence-corrected chi connectivity index (χ1v) is 5.25. The van der Waals surface area contributed by atoms with Crippen molar-refractivity contribution in [3.05, 3.63) is 29.8 Å². The van der Waals surface area contributed by atoms with Gasteiger partial charge in [0.2, 0.25) is 6.41 Å². The third kappa shape index (κ3) is 5.01. The van der Waals surface area contributed by atoms with Gasteiger partial charge in [-0.1, -0.05) is 12.1 Å². The molecule has 17 heavy (non-hydrogen) atoms. The predicted molar refractivity (Wildman–Crippen MR) is 61.9 cm³/mol. The second kappa shape index (κ2) is 6.52. The molecule has 1 rings (SSSR count). The molecule has 0 aliphatic carbocycles. The van der Waals surface area contributed by atoms with Crippen LogP contribution in [0.5, 0.6) is 5.75 Å². The largest absolute Gasteiger partial charge is 0.482 e. The number of carbonyl (C=O) groups is 2. The monoisotopic (exact) mass is 237 g/mol. The molecule has 5 nitrogen and oxygen atoms in total. The maximum atomic E-state index is 10.3. The Bertz CT molecular complexity index is 375.